The molecule has 0 aromatic carbocycles. The molecule has 0 radical (unpaired) electrons. The van der Waals surface area contributed by atoms with Crippen molar-refractivity contribution in [1.82, 2.24) is 20.0 Å². The molecule has 1 N–H and O–H groups in total. The average molecular weight is 342 g/mol. The van der Waals surface area contributed by atoms with E-state index in [1.165, 1.54) is 0 Å². The molecule has 0 bridgehead atoms. The van der Waals surface area contributed by atoms with Gasteiger partial charge in [0.1, 0.15) is 5.76 Å². The van der Waals surface area contributed by atoms with E-state index in [9.17, 15) is 9.59 Å². The van der Waals surface area contributed by atoms with Crippen molar-refractivity contribution in [2.75, 3.05) is 6.54 Å². The third-order valence-electron chi connectivity index (χ3n) is 5.11. The lowest BCUT2D eigenvalue weighted by atomic mass is 9.84. The van der Waals surface area contributed by atoms with Gasteiger partial charge in [-0.2, -0.15) is 5.10 Å². The predicted molar refractivity (Wildman–Crippen MR) is 89.2 cm³/mol. The number of aromatic nitrogens is 2. The van der Waals surface area contributed by atoms with Gasteiger partial charge in [0.15, 0.2) is 0 Å². The van der Waals surface area contributed by atoms with E-state index in [2.05, 4.69) is 10.4 Å². The number of nitrogens with zero attached hydrogens (tertiary/aromatic N) is 3. The van der Waals surface area contributed by atoms with Crippen LogP contribution in [0.4, 0.5) is 0 Å². The van der Waals surface area contributed by atoms with Gasteiger partial charge in [-0.15, -0.1) is 0 Å². The Morgan fingerprint density at radius 3 is 2.92 bits per heavy atom. The summed E-state index contributed by atoms with van der Waals surface area (Å²) < 4.78 is 7.11. The fraction of sp³-hybridized carbons (Fsp3) is 0.500. The first kappa shape index (κ1) is 15.9. The lowest BCUT2D eigenvalue weighted by Crippen LogP contribution is -2.46. The van der Waals surface area contributed by atoms with Gasteiger partial charge in [-0.05, 0) is 31.0 Å². The summed E-state index contributed by atoms with van der Waals surface area (Å²) in [6.07, 6.45) is 6.74. The average Bonchev–Trinajstić information content (AvgIpc) is 3.22. The molecule has 7 heteroatoms. The van der Waals surface area contributed by atoms with E-state index in [-0.39, 0.29) is 23.8 Å². The van der Waals surface area contributed by atoms with E-state index >= 15 is 0 Å². The van der Waals surface area contributed by atoms with Crippen LogP contribution in [0.25, 0.3) is 0 Å². The maximum Gasteiger partial charge on any atom is 0.226 e. The van der Waals surface area contributed by atoms with Crippen LogP contribution in [0, 0.1) is 5.92 Å². The number of rotatable bonds is 5. The van der Waals surface area contributed by atoms with Gasteiger partial charge in [-0.3, -0.25) is 14.3 Å². The Morgan fingerprint density at radius 1 is 1.32 bits per heavy atom. The first-order valence-electron chi connectivity index (χ1n) is 8.81. The van der Waals surface area contributed by atoms with Gasteiger partial charge in [0.2, 0.25) is 11.8 Å². The smallest absolute Gasteiger partial charge is 0.226 e. The molecule has 1 aliphatic carbocycles. The molecular weight excluding hydrogens is 320 g/mol. The Balaban J connectivity index is 1.40. The van der Waals surface area contributed by atoms with Crippen LogP contribution >= 0.6 is 0 Å². The number of amides is 2. The highest BCUT2D eigenvalue weighted by molar-refractivity contribution is 5.80. The summed E-state index contributed by atoms with van der Waals surface area (Å²) in [6, 6.07) is 5.42. The second-order valence-electron chi connectivity index (χ2n) is 6.83. The zero-order valence-corrected chi connectivity index (χ0v) is 14.1. The number of carbonyl (C=O) groups excluding carboxylic acids is 2. The van der Waals surface area contributed by atoms with Crippen molar-refractivity contribution < 1.29 is 14.0 Å². The first-order chi connectivity index (χ1) is 12.2. The second-order valence-corrected chi connectivity index (χ2v) is 6.83. The van der Waals surface area contributed by atoms with Crippen LogP contribution in [-0.2, 0) is 22.7 Å². The molecule has 1 fully saturated rings. The van der Waals surface area contributed by atoms with Crippen LogP contribution in [0.3, 0.4) is 0 Å². The minimum Gasteiger partial charge on any atom is -0.467 e. The standard InChI is InChI=1S/C18H22N4O3/c23-17(19-10-16-5-2-8-25-16)9-15-12-21(18(24)13-3-1-4-13)11-14-6-7-20-22(14)15/h2,5-8,13,15H,1,3-4,9-12H2,(H,19,23)/t15-/m0/s1. The molecule has 132 valence electrons. The van der Waals surface area contributed by atoms with Crippen LogP contribution in [-0.4, -0.2) is 33.0 Å². The zero-order chi connectivity index (χ0) is 17.2. The quantitative estimate of drug-likeness (QED) is 0.899. The van der Waals surface area contributed by atoms with Crippen LogP contribution in [0.15, 0.2) is 35.1 Å². The number of hydrogen-bond donors (Lipinski definition) is 1. The number of nitrogens with one attached hydrogen (secondary N) is 1. The Bertz CT molecular complexity index is 748. The van der Waals surface area contributed by atoms with E-state index in [0.29, 0.717) is 26.1 Å². The van der Waals surface area contributed by atoms with Crippen molar-refractivity contribution in [1.29, 1.82) is 0 Å². The Labute approximate surface area is 146 Å². The van der Waals surface area contributed by atoms with Gasteiger partial charge in [-0.1, -0.05) is 6.42 Å². The van der Waals surface area contributed by atoms with Gasteiger partial charge >= 0.3 is 0 Å². The van der Waals surface area contributed by atoms with Gasteiger partial charge < -0.3 is 14.6 Å². The monoisotopic (exact) mass is 342 g/mol. The van der Waals surface area contributed by atoms with Gasteiger partial charge in [0.25, 0.3) is 0 Å². The summed E-state index contributed by atoms with van der Waals surface area (Å²) in [5, 5.41) is 7.22. The van der Waals surface area contributed by atoms with Crippen molar-refractivity contribution in [2.45, 2.75) is 44.8 Å². The number of hydrogen-bond acceptors (Lipinski definition) is 4. The van der Waals surface area contributed by atoms with Crippen LogP contribution in [0.2, 0.25) is 0 Å². The van der Waals surface area contributed by atoms with Crippen LogP contribution < -0.4 is 5.32 Å². The highest BCUT2D eigenvalue weighted by Crippen LogP contribution is 2.31. The molecule has 2 amide bonds. The molecular formula is C18H22N4O3. The minimum absolute atomic E-state index is 0.0687. The van der Waals surface area contributed by atoms with E-state index in [1.807, 2.05) is 21.7 Å². The van der Waals surface area contributed by atoms with Gasteiger partial charge in [0, 0.05) is 18.7 Å². The molecule has 0 unspecified atom stereocenters. The maximum atomic E-state index is 12.6. The topological polar surface area (TPSA) is 80.4 Å². The lowest BCUT2D eigenvalue weighted by Gasteiger charge is -2.37. The third kappa shape index (κ3) is 3.31. The molecule has 2 aromatic rings. The molecule has 1 saturated carbocycles. The van der Waals surface area contributed by atoms with Crippen molar-refractivity contribution in [3.8, 4) is 0 Å². The highest BCUT2D eigenvalue weighted by Gasteiger charge is 2.35. The Kier molecular flexibility index (Phi) is 4.29. The second kappa shape index (κ2) is 6.74. The summed E-state index contributed by atoms with van der Waals surface area (Å²) in [6.45, 7) is 1.49. The summed E-state index contributed by atoms with van der Waals surface area (Å²) in [7, 11) is 0. The number of furan rings is 1. The SMILES string of the molecule is O=C(C[C@H]1CN(C(=O)C2CCC2)Cc2ccnn21)NCc1ccco1. The van der Waals surface area contributed by atoms with Crippen molar-refractivity contribution >= 4 is 11.8 Å². The Hall–Kier alpha value is -2.57. The molecule has 1 aliphatic heterocycles. The molecule has 3 heterocycles. The zero-order valence-electron chi connectivity index (χ0n) is 14.1. The lowest BCUT2D eigenvalue weighted by molar-refractivity contribution is -0.141. The summed E-state index contributed by atoms with van der Waals surface area (Å²) in [4.78, 5) is 26.8. The van der Waals surface area contributed by atoms with Crippen LogP contribution in [0.5, 0.6) is 0 Å². The van der Waals surface area contributed by atoms with Gasteiger partial charge in [0.05, 0.1) is 37.5 Å². The van der Waals surface area contributed by atoms with E-state index < -0.39 is 0 Å². The van der Waals surface area contributed by atoms with E-state index in [4.69, 9.17) is 4.42 Å². The summed E-state index contributed by atoms with van der Waals surface area (Å²) in [5.41, 5.74) is 0.989. The van der Waals surface area contributed by atoms with Gasteiger partial charge in [-0.25, -0.2) is 0 Å². The third-order valence-corrected chi connectivity index (χ3v) is 5.11. The predicted octanol–water partition coefficient (Wildman–Crippen LogP) is 1.87. The summed E-state index contributed by atoms with van der Waals surface area (Å²) in [5.74, 6) is 1.04. The van der Waals surface area contributed by atoms with Crippen molar-refractivity contribution in [3.63, 3.8) is 0 Å². The normalized spacial score (nSPS) is 20.0. The fourth-order valence-electron chi connectivity index (χ4n) is 3.50. The molecule has 0 saturated heterocycles. The van der Waals surface area contributed by atoms with Crippen molar-refractivity contribution in [3.05, 3.63) is 42.1 Å². The Morgan fingerprint density at radius 2 is 2.20 bits per heavy atom. The molecule has 1 atom stereocenters. The molecule has 25 heavy (non-hydrogen) atoms. The van der Waals surface area contributed by atoms with Crippen LogP contribution in [0.1, 0.15) is 43.2 Å². The van der Waals surface area contributed by atoms with E-state index in [0.717, 1.165) is 30.7 Å². The van der Waals surface area contributed by atoms with E-state index in [1.54, 1.807) is 18.5 Å². The molecule has 2 aliphatic rings. The fourth-order valence-corrected chi connectivity index (χ4v) is 3.50. The molecule has 7 nitrogen and oxygen atoms in total. The first-order valence-corrected chi connectivity index (χ1v) is 8.81. The minimum atomic E-state index is -0.126. The highest BCUT2D eigenvalue weighted by atomic mass is 16.3. The molecule has 0 spiro atoms. The largest absolute Gasteiger partial charge is 0.467 e. The maximum absolute atomic E-state index is 12.6. The molecule has 4 rings (SSSR count). The van der Waals surface area contributed by atoms with Crippen molar-refractivity contribution in [2.24, 2.45) is 5.92 Å². The number of carbonyl (C=O) groups is 2. The number of fused-ring (bicyclic) bond motifs is 1. The molecule has 2 aromatic heterocycles. The summed E-state index contributed by atoms with van der Waals surface area (Å²) >= 11 is 0.